The Hall–Kier alpha value is -6.64. The number of para-hydroxylation sites is 4. The van der Waals surface area contributed by atoms with Crippen LogP contribution in [0.5, 0.6) is 0 Å². The van der Waals surface area contributed by atoms with Crippen molar-refractivity contribution in [1.29, 1.82) is 0 Å². The summed E-state index contributed by atoms with van der Waals surface area (Å²) >= 11 is 0. The van der Waals surface area contributed by atoms with Crippen LogP contribution in [0.25, 0.3) is 66.3 Å². The highest BCUT2D eigenvalue weighted by Gasteiger charge is 2.30. The second-order valence-corrected chi connectivity index (χ2v) is 15.9. The summed E-state index contributed by atoms with van der Waals surface area (Å²) in [5.74, 6) is 0. The van der Waals surface area contributed by atoms with Crippen LogP contribution in [0.3, 0.4) is 0 Å². The van der Waals surface area contributed by atoms with Gasteiger partial charge in [-0.25, -0.2) is 0 Å². The lowest BCUT2D eigenvalue weighted by Gasteiger charge is -2.35. The number of fused-ring (bicyclic) bond motifs is 3. The van der Waals surface area contributed by atoms with Gasteiger partial charge in [-0.15, -0.1) is 0 Å². The molecule has 2 heteroatoms. The normalized spacial score (nSPS) is 11.7. The number of benzene rings is 8. The van der Waals surface area contributed by atoms with E-state index in [0.717, 1.165) is 16.7 Å². The fraction of sp³-hybridized carbons (Fsp3) is 0.111. The topological polar surface area (TPSA) is 19.0 Å². The minimum Gasteiger partial charge on any atom is -0.354 e. The summed E-state index contributed by atoms with van der Waals surface area (Å²) in [5, 5.41) is 2.47. The summed E-state index contributed by atoms with van der Waals surface area (Å²) in [5.41, 5.74) is 18.9. The molecule has 0 aliphatic carbocycles. The summed E-state index contributed by atoms with van der Waals surface area (Å²) in [7, 11) is 0. The highest BCUT2D eigenvalue weighted by molar-refractivity contribution is 6.17. The van der Waals surface area contributed by atoms with Crippen LogP contribution >= 0.6 is 0 Å². The highest BCUT2D eigenvalue weighted by Crippen LogP contribution is 2.53. The molecular weight excluding hydrogens is 677 g/mol. The zero-order valence-electron chi connectivity index (χ0n) is 32.8. The predicted molar refractivity (Wildman–Crippen MR) is 240 cm³/mol. The first-order valence-corrected chi connectivity index (χ1v) is 19.6. The maximum atomic E-state index is 3.96. The molecule has 1 N–H and O–H groups in total. The number of anilines is 3. The van der Waals surface area contributed by atoms with E-state index in [1.807, 2.05) is 0 Å². The van der Waals surface area contributed by atoms with Crippen LogP contribution < -0.4 is 4.90 Å². The molecule has 0 atom stereocenters. The van der Waals surface area contributed by atoms with Crippen molar-refractivity contribution in [1.82, 2.24) is 4.98 Å². The average Bonchev–Trinajstić information content (AvgIpc) is 3.61. The molecule has 2 nitrogen and oxygen atoms in total. The quantitative estimate of drug-likeness (QED) is 0.174. The van der Waals surface area contributed by atoms with Crippen LogP contribution in [0.4, 0.5) is 17.1 Å². The van der Waals surface area contributed by atoms with E-state index >= 15 is 0 Å². The van der Waals surface area contributed by atoms with Crippen LogP contribution in [0.1, 0.15) is 37.5 Å². The van der Waals surface area contributed by atoms with Crippen LogP contribution in [0, 0.1) is 13.8 Å². The Labute approximate surface area is 330 Å². The lowest BCUT2D eigenvalue weighted by atomic mass is 9.77. The van der Waals surface area contributed by atoms with Gasteiger partial charge in [-0.3, -0.25) is 0 Å². The predicted octanol–water partition coefficient (Wildman–Crippen LogP) is 15.4. The van der Waals surface area contributed by atoms with E-state index in [4.69, 9.17) is 0 Å². The van der Waals surface area contributed by atoms with Crippen molar-refractivity contribution in [3.8, 4) is 44.5 Å². The van der Waals surface area contributed by atoms with Gasteiger partial charge in [0.2, 0.25) is 0 Å². The van der Waals surface area contributed by atoms with Crippen LogP contribution in [-0.2, 0) is 5.41 Å². The van der Waals surface area contributed by atoms with Crippen molar-refractivity contribution in [2.45, 2.75) is 40.0 Å². The van der Waals surface area contributed by atoms with Gasteiger partial charge in [0.05, 0.1) is 22.6 Å². The van der Waals surface area contributed by atoms with Crippen molar-refractivity contribution in [3.05, 3.63) is 199 Å². The average molecular weight is 723 g/mol. The Bertz CT molecular complexity index is 2750. The Morgan fingerprint density at radius 2 is 0.911 bits per heavy atom. The number of nitrogens with zero attached hydrogens (tertiary/aromatic N) is 1. The van der Waals surface area contributed by atoms with Crippen molar-refractivity contribution in [2.24, 2.45) is 0 Å². The fourth-order valence-electron chi connectivity index (χ4n) is 8.60. The van der Waals surface area contributed by atoms with Crippen molar-refractivity contribution >= 4 is 38.9 Å². The van der Waals surface area contributed by atoms with Crippen molar-refractivity contribution in [3.63, 3.8) is 0 Å². The molecule has 0 fully saturated rings. The van der Waals surface area contributed by atoms with Gasteiger partial charge in [0, 0.05) is 38.5 Å². The minimum absolute atomic E-state index is 0.145. The fourth-order valence-corrected chi connectivity index (χ4v) is 8.60. The summed E-state index contributed by atoms with van der Waals surface area (Å²) in [6.45, 7) is 11.5. The molecule has 0 saturated carbocycles. The zero-order chi connectivity index (χ0) is 38.4. The third kappa shape index (κ3) is 6.08. The summed E-state index contributed by atoms with van der Waals surface area (Å²) in [6.07, 6.45) is 0. The Balaban J connectivity index is 1.47. The SMILES string of the molecule is Cc1cccc(-c2ccccc2)c1N(c1ccccc1-c1c(-c2ccccc2)c(C(C)(C)C)cc2c1[nH]c1ccccc12)c1c(C)cccc1-c1ccccc1. The van der Waals surface area contributed by atoms with Gasteiger partial charge in [0.1, 0.15) is 0 Å². The Morgan fingerprint density at radius 3 is 1.48 bits per heavy atom. The molecule has 0 unspecified atom stereocenters. The number of nitrogens with one attached hydrogen (secondary N) is 1. The standard InChI is InChI=1S/C54H46N2/c1-36-21-19-31-41(38-23-9-6-10-24-38)52(36)56(53-37(2)22-20-32-42(53)39-25-11-7-12-26-39)48-34-18-16-30-44(48)50-49(40-27-13-8-14-28-40)46(54(3,4)5)35-45-43-29-15-17-33-47(43)55-51(45)50/h6-35,55H,1-5H3. The van der Waals surface area contributed by atoms with Crippen molar-refractivity contribution < 1.29 is 0 Å². The number of aromatic amines is 1. The van der Waals surface area contributed by atoms with E-state index in [0.29, 0.717) is 0 Å². The molecule has 272 valence electrons. The van der Waals surface area contributed by atoms with Gasteiger partial charge in [0.15, 0.2) is 0 Å². The molecule has 0 aliphatic heterocycles. The van der Waals surface area contributed by atoms with Gasteiger partial charge in [-0.1, -0.05) is 185 Å². The molecule has 9 rings (SSSR count). The molecule has 1 aromatic heterocycles. The second-order valence-electron chi connectivity index (χ2n) is 15.9. The van der Waals surface area contributed by atoms with Gasteiger partial charge in [0.25, 0.3) is 0 Å². The molecular formula is C54H46N2. The minimum atomic E-state index is -0.145. The van der Waals surface area contributed by atoms with Gasteiger partial charge < -0.3 is 9.88 Å². The highest BCUT2D eigenvalue weighted by atomic mass is 15.2. The first-order chi connectivity index (χ1) is 27.3. The number of H-pyrrole nitrogens is 1. The molecule has 9 aromatic rings. The smallest absolute Gasteiger partial charge is 0.0569 e. The van der Waals surface area contributed by atoms with Crippen LogP contribution in [0.2, 0.25) is 0 Å². The summed E-state index contributed by atoms with van der Waals surface area (Å²) < 4.78 is 0. The molecule has 0 spiro atoms. The molecule has 8 aromatic carbocycles. The Kier molecular flexibility index (Phi) is 8.90. The van der Waals surface area contributed by atoms with E-state index in [1.165, 1.54) is 83.3 Å². The first-order valence-electron chi connectivity index (χ1n) is 19.6. The zero-order valence-corrected chi connectivity index (χ0v) is 32.8. The third-order valence-electron chi connectivity index (χ3n) is 11.2. The number of hydrogen-bond acceptors (Lipinski definition) is 1. The molecule has 0 amide bonds. The van der Waals surface area contributed by atoms with E-state index in [9.17, 15) is 0 Å². The number of aromatic nitrogens is 1. The maximum Gasteiger partial charge on any atom is 0.0569 e. The van der Waals surface area contributed by atoms with E-state index in [1.54, 1.807) is 0 Å². The van der Waals surface area contributed by atoms with Crippen LogP contribution in [-0.4, -0.2) is 4.98 Å². The van der Waals surface area contributed by atoms with Gasteiger partial charge in [-0.05, 0) is 76.4 Å². The van der Waals surface area contributed by atoms with Crippen molar-refractivity contribution in [2.75, 3.05) is 4.90 Å². The number of hydrogen-bond donors (Lipinski definition) is 1. The number of rotatable bonds is 7. The van der Waals surface area contributed by atoms with Gasteiger partial charge in [-0.2, -0.15) is 0 Å². The van der Waals surface area contributed by atoms with Gasteiger partial charge >= 0.3 is 0 Å². The monoisotopic (exact) mass is 722 g/mol. The van der Waals surface area contributed by atoms with E-state index in [-0.39, 0.29) is 5.41 Å². The molecule has 1 heterocycles. The third-order valence-corrected chi connectivity index (χ3v) is 11.2. The first kappa shape index (κ1) is 35.1. The maximum absolute atomic E-state index is 3.96. The lowest BCUT2D eigenvalue weighted by molar-refractivity contribution is 0.593. The molecule has 0 aliphatic rings. The summed E-state index contributed by atoms with van der Waals surface area (Å²) in [4.78, 5) is 6.53. The molecule has 0 radical (unpaired) electrons. The largest absolute Gasteiger partial charge is 0.354 e. The van der Waals surface area contributed by atoms with Crippen LogP contribution in [0.15, 0.2) is 182 Å². The number of aryl methyl sites for hydroxylation is 2. The van der Waals surface area contributed by atoms with E-state index < -0.39 is 0 Å². The van der Waals surface area contributed by atoms with E-state index in [2.05, 4.69) is 226 Å². The lowest BCUT2D eigenvalue weighted by Crippen LogP contribution is -2.17. The molecule has 0 bridgehead atoms. The molecule has 0 saturated heterocycles. The Morgan fingerprint density at radius 1 is 0.429 bits per heavy atom. The second kappa shape index (κ2) is 14.2. The summed E-state index contributed by atoms with van der Waals surface area (Å²) in [6, 6.07) is 66.3. The molecule has 56 heavy (non-hydrogen) atoms.